The number of hydrogen-bond donors (Lipinski definition) is 2. The summed E-state index contributed by atoms with van der Waals surface area (Å²) in [6, 6.07) is 5.56. The number of aliphatic hydroxyl groups excluding tert-OH is 1. The minimum absolute atomic E-state index is 0.116. The maximum absolute atomic E-state index is 14.0. The predicted molar refractivity (Wildman–Crippen MR) is 94.3 cm³/mol. The van der Waals surface area contributed by atoms with Crippen molar-refractivity contribution in [3.8, 4) is 11.3 Å². The van der Waals surface area contributed by atoms with Crippen molar-refractivity contribution in [3.05, 3.63) is 47.2 Å². The third kappa shape index (κ3) is 5.54. The molecule has 2 N–H and O–H groups in total. The predicted octanol–water partition coefficient (Wildman–Crippen LogP) is 3.28. The van der Waals surface area contributed by atoms with Gasteiger partial charge in [0.1, 0.15) is 11.6 Å². The number of nitrogens with zero attached hydrogens (tertiary/aromatic N) is 2. The molecule has 0 bridgehead atoms. The molecule has 0 saturated heterocycles. The highest BCUT2D eigenvalue weighted by atomic mass is 19.1. The van der Waals surface area contributed by atoms with Gasteiger partial charge >= 0.3 is 0 Å². The van der Waals surface area contributed by atoms with Crippen LogP contribution >= 0.6 is 0 Å². The highest BCUT2D eigenvalue weighted by Gasteiger charge is 2.15. The third-order valence-corrected chi connectivity index (χ3v) is 4.03. The van der Waals surface area contributed by atoms with Crippen LogP contribution < -0.4 is 5.32 Å². The molecule has 0 aliphatic heterocycles. The van der Waals surface area contributed by atoms with Gasteiger partial charge in [0.05, 0.1) is 23.6 Å². The maximum Gasteiger partial charge on any atom is 0.135 e. The number of rotatable bonds is 10. The molecule has 2 rings (SSSR count). The maximum atomic E-state index is 14.0. The minimum Gasteiger partial charge on any atom is -0.395 e. The van der Waals surface area contributed by atoms with Crippen molar-refractivity contribution in [2.45, 2.75) is 39.0 Å². The molecular weight excluding hydrogens is 324 g/mol. The Kier molecular flexibility index (Phi) is 7.88. The van der Waals surface area contributed by atoms with E-state index in [1.165, 1.54) is 18.2 Å². The normalized spacial score (nSPS) is 11.0. The van der Waals surface area contributed by atoms with Crippen LogP contribution in [0.25, 0.3) is 11.3 Å². The lowest BCUT2D eigenvalue weighted by Crippen LogP contribution is -2.20. The summed E-state index contributed by atoms with van der Waals surface area (Å²) < 4.78 is 28.0. The molecule has 0 aliphatic carbocycles. The topological polar surface area (TPSA) is 58.0 Å². The zero-order valence-corrected chi connectivity index (χ0v) is 14.6. The summed E-state index contributed by atoms with van der Waals surface area (Å²) in [6.07, 6.45) is 4.43. The number of aliphatic hydroxyl groups is 1. The molecule has 0 spiro atoms. The van der Waals surface area contributed by atoms with Gasteiger partial charge in [-0.25, -0.2) is 8.78 Å². The Bertz CT molecular complexity index is 659. The Morgan fingerprint density at radius 2 is 1.80 bits per heavy atom. The summed E-state index contributed by atoms with van der Waals surface area (Å²) in [5.74, 6) is -1.26. The van der Waals surface area contributed by atoms with E-state index in [0.29, 0.717) is 6.54 Å². The highest BCUT2D eigenvalue weighted by molar-refractivity contribution is 5.61. The lowest BCUT2D eigenvalue weighted by atomic mass is 10.0. The van der Waals surface area contributed by atoms with Crippen molar-refractivity contribution in [1.29, 1.82) is 0 Å². The molecule has 1 aromatic carbocycles. The van der Waals surface area contributed by atoms with E-state index in [-0.39, 0.29) is 17.9 Å². The van der Waals surface area contributed by atoms with E-state index in [9.17, 15) is 8.78 Å². The van der Waals surface area contributed by atoms with Crippen LogP contribution in [0, 0.1) is 11.6 Å². The lowest BCUT2D eigenvalue weighted by molar-refractivity contribution is 0.292. The van der Waals surface area contributed by atoms with Gasteiger partial charge < -0.3 is 10.4 Å². The van der Waals surface area contributed by atoms with Crippen molar-refractivity contribution in [2.75, 3.05) is 19.7 Å². The van der Waals surface area contributed by atoms with Crippen LogP contribution in [0.4, 0.5) is 8.78 Å². The average Bonchev–Trinajstić information content (AvgIpc) is 2.60. The van der Waals surface area contributed by atoms with Gasteiger partial charge in [0, 0.05) is 6.54 Å². The van der Waals surface area contributed by atoms with Crippen LogP contribution in [0.1, 0.15) is 37.4 Å². The van der Waals surface area contributed by atoms with Crippen molar-refractivity contribution in [3.63, 3.8) is 0 Å². The Balaban J connectivity index is 2.21. The van der Waals surface area contributed by atoms with Gasteiger partial charge in [-0.3, -0.25) is 0 Å². The molecule has 0 aliphatic rings. The first-order valence-corrected chi connectivity index (χ1v) is 8.78. The molecule has 6 heteroatoms. The van der Waals surface area contributed by atoms with Crippen LogP contribution in [0.3, 0.4) is 0 Å². The summed E-state index contributed by atoms with van der Waals surface area (Å²) in [7, 11) is 0. The zero-order chi connectivity index (χ0) is 18.1. The molecule has 0 atom stereocenters. The highest BCUT2D eigenvalue weighted by Crippen LogP contribution is 2.26. The molecule has 0 saturated carbocycles. The number of aryl methyl sites for hydroxylation is 2. The van der Waals surface area contributed by atoms with Crippen LogP contribution in [-0.4, -0.2) is 35.0 Å². The Morgan fingerprint density at radius 1 is 1.04 bits per heavy atom. The van der Waals surface area contributed by atoms with Gasteiger partial charge in [-0.05, 0) is 56.0 Å². The van der Waals surface area contributed by atoms with Crippen LogP contribution in [0.5, 0.6) is 0 Å². The Labute approximate surface area is 147 Å². The summed E-state index contributed by atoms with van der Waals surface area (Å²) in [5, 5.41) is 20.2. The van der Waals surface area contributed by atoms with Crippen LogP contribution in [0.15, 0.2) is 24.3 Å². The number of unbranched alkanes of at least 4 members (excludes halogenated alkanes) is 1. The van der Waals surface area contributed by atoms with Gasteiger partial charge in [0.15, 0.2) is 0 Å². The van der Waals surface area contributed by atoms with Gasteiger partial charge in [0.2, 0.25) is 0 Å². The van der Waals surface area contributed by atoms with E-state index in [1.54, 1.807) is 6.07 Å². The number of aromatic nitrogens is 2. The van der Waals surface area contributed by atoms with E-state index in [4.69, 9.17) is 5.11 Å². The standard InChI is InChI=1S/C19H25F2N3O/c1-2-3-6-14-13-18(19-15(20)7-4-8-16(19)21)24-23-17(14)9-5-10-22-11-12-25/h4,7-8,13,22,25H,2-3,5-6,9-12H2,1H3. The molecule has 0 amide bonds. The van der Waals surface area contributed by atoms with Gasteiger partial charge in [-0.2, -0.15) is 10.2 Å². The molecule has 0 radical (unpaired) electrons. The van der Waals surface area contributed by atoms with Crippen molar-refractivity contribution >= 4 is 0 Å². The second kappa shape index (κ2) is 10.2. The van der Waals surface area contributed by atoms with Gasteiger partial charge in [-0.1, -0.05) is 19.4 Å². The molecule has 136 valence electrons. The van der Waals surface area contributed by atoms with Gasteiger partial charge in [0.25, 0.3) is 0 Å². The summed E-state index contributed by atoms with van der Waals surface area (Å²) in [4.78, 5) is 0. The SMILES string of the molecule is CCCCc1cc(-c2c(F)cccc2F)nnc1CCCNCCO. The summed E-state index contributed by atoms with van der Waals surface area (Å²) in [5.41, 5.74) is 1.99. The van der Waals surface area contributed by atoms with Crippen LogP contribution in [-0.2, 0) is 12.8 Å². The molecular formula is C19H25F2N3O. The lowest BCUT2D eigenvalue weighted by Gasteiger charge is -2.11. The van der Waals surface area contributed by atoms with Gasteiger partial charge in [-0.15, -0.1) is 0 Å². The van der Waals surface area contributed by atoms with E-state index >= 15 is 0 Å². The number of halogens is 2. The van der Waals surface area contributed by atoms with E-state index in [2.05, 4.69) is 22.4 Å². The summed E-state index contributed by atoms with van der Waals surface area (Å²) in [6.45, 7) is 3.56. The van der Waals surface area contributed by atoms with E-state index in [0.717, 1.165) is 49.9 Å². The van der Waals surface area contributed by atoms with E-state index < -0.39 is 11.6 Å². The molecule has 0 unspecified atom stereocenters. The molecule has 0 fully saturated rings. The first-order chi connectivity index (χ1) is 12.2. The second-order valence-electron chi connectivity index (χ2n) is 5.98. The number of nitrogens with one attached hydrogen (secondary N) is 1. The summed E-state index contributed by atoms with van der Waals surface area (Å²) >= 11 is 0. The van der Waals surface area contributed by atoms with Crippen LogP contribution in [0.2, 0.25) is 0 Å². The minimum atomic E-state index is -0.628. The second-order valence-corrected chi connectivity index (χ2v) is 5.98. The fourth-order valence-corrected chi connectivity index (χ4v) is 2.70. The average molecular weight is 349 g/mol. The monoisotopic (exact) mass is 349 g/mol. The molecule has 1 aromatic heterocycles. The Hall–Kier alpha value is -1.92. The fourth-order valence-electron chi connectivity index (χ4n) is 2.70. The quantitative estimate of drug-likeness (QED) is 0.646. The van der Waals surface area contributed by atoms with Crippen molar-refractivity contribution in [1.82, 2.24) is 15.5 Å². The zero-order valence-electron chi connectivity index (χ0n) is 14.6. The van der Waals surface area contributed by atoms with E-state index in [1.807, 2.05) is 0 Å². The third-order valence-electron chi connectivity index (χ3n) is 4.03. The smallest absolute Gasteiger partial charge is 0.135 e. The Morgan fingerprint density at radius 3 is 2.48 bits per heavy atom. The molecule has 2 aromatic rings. The van der Waals surface area contributed by atoms with Crippen molar-refractivity contribution in [2.24, 2.45) is 0 Å². The van der Waals surface area contributed by atoms with Crippen molar-refractivity contribution < 1.29 is 13.9 Å². The first-order valence-electron chi connectivity index (χ1n) is 8.78. The number of benzene rings is 1. The molecule has 25 heavy (non-hydrogen) atoms. The molecule has 1 heterocycles. The number of hydrogen-bond acceptors (Lipinski definition) is 4. The largest absolute Gasteiger partial charge is 0.395 e. The molecule has 4 nitrogen and oxygen atoms in total. The first kappa shape index (κ1) is 19.4. The fraction of sp³-hybridized carbons (Fsp3) is 0.474.